The van der Waals surface area contributed by atoms with Crippen LogP contribution in [0, 0.1) is 0 Å². The van der Waals surface area contributed by atoms with E-state index < -0.39 is 12.1 Å². The zero-order valence-corrected chi connectivity index (χ0v) is 10.6. The predicted molar refractivity (Wildman–Crippen MR) is 69.5 cm³/mol. The molecule has 1 unspecified atom stereocenters. The summed E-state index contributed by atoms with van der Waals surface area (Å²) in [6, 6.07) is 6.24. The zero-order chi connectivity index (χ0) is 13.0. The maximum Gasteiger partial charge on any atom is 0.303 e. The molecule has 0 heterocycles. The van der Waals surface area contributed by atoms with Crippen molar-refractivity contribution in [3.05, 3.63) is 34.9 Å². The van der Waals surface area contributed by atoms with Gasteiger partial charge in [-0.25, -0.2) is 0 Å². The first kappa shape index (κ1) is 13.1. The lowest BCUT2D eigenvalue weighted by molar-refractivity contribution is -0.137. The normalized spacial score (nSPS) is 15.4. The molecule has 3 nitrogen and oxygen atoms in total. The molecule has 1 aromatic carbocycles. The van der Waals surface area contributed by atoms with Crippen LogP contribution in [0.4, 0.5) is 0 Å². The van der Waals surface area contributed by atoms with Gasteiger partial charge >= 0.3 is 5.97 Å². The molecule has 1 aromatic rings. The standard InChI is InChI=1S/C15H20O3/c16-14(6-1-2-7-15(17)18)13-9-8-11-4-3-5-12(11)10-13/h8-10,14,16H,1-7H2,(H,17,18). The summed E-state index contributed by atoms with van der Waals surface area (Å²) in [5.41, 5.74) is 3.76. The van der Waals surface area contributed by atoms with Gasteiger partial charge < -0.3 is 10.2 Å². The SMILES string of the molecule is O=C(O)CCCCC(O)c1ccc2c(c1)CCC2. The average molecular weight is 248 g/mol. The van der Waals surface area contributed by atoms with Gasteiger partial charge in [0.15, 0.2) is 0 Å². The van der Waals surface area contributed by atoms with E-state index >= 15 is 0 Å². The van der Waals surface area contributed by atoms with Crippen LogP contribution < -0.4 is 0 Å². The molecule has 98 valence electrons. The third-order valence-electron chi connectivity index (χ3n) is 3.63. The Bertz CT molecular complexity index is 426. The third kappa shape index (κ3) is 3.33. The highest BCUT2D eigenvalue weighted by molar-refractivity contribution is 5.66. The van der Waals surface area contributed by atoms with Crippen LogP contribution in [0.3, 0.4) is 0 Å². The van der Waals surface area contributed by atoms with E-state index in [1.54, 1.807) is 0 Å². The molecule has 0 aromatic heterocycles. The third-order valence-corrected chi connectivity index (χ3v) is 3.63. The van der Waals surface area contributed by atoms with Crippen molar-refractivity contribution in [3.8, 4) is 0 Å². The lowest BCUT2D eigenvalue weighted by atomic mass is 9.99. The second-order valence-electron chi connectivity index (χ2n) is 5.04. The van der Waals surface area contributed by atoms with E-state index in [2.05, 4.69) is 12.1 Å². The summed E-state index contributed by atoms with van der Waals surface area (Å²) in [5.74, 6) is -0.762. The van der Waals surface area contributed by atoms with Crippen LogP contribution in [0.25, 0.3) is 0 Å². The van der Waals surface area contributed by atoms with Gasteiger partial charge in [-0.3, -0.25) is 4.79 Å². The van der Waals surface area contributed by atoms with Gasteiger partial charge in [-0.1, -0.05) is 18.2 Å². The van der Waals surface area contributed by atoms with Crippen molar-refractivity contribution in [2.45, 2.75) is 51.0 Å². The quantitative estimate of drug-likeness (QED) is 0.761. The van der Waals surface area contributed by atoms with E-state index in [0.29, 0.717) is 12.8 Å². The van der Waals surface area contributed by atoms with Gasteiger partial charge in [0.2, 0.25) is 0 Å². The molecule has 1 aliphatic rings. The maximum atomic E-state index is 10.4. The van der Waals surface area contributed by atoms with Gasteiger partial charge in [0.05, 0.1) is 6.10 Å². The fourth-order valence-electron chi connectivity index (χ4n) is 2.58. The van der Waals surface area contributed by atoms with Crippen molar-refractivity contribution < 1.29 is 15.0 Å². The van der Waals surface area contributed by atoms with E-state index in [1.165, 1.54) is 17.5 Å². The zero-order valence-electron chi connectivity index (χ0n) is 10.6. The van der Waals surface area contributed by atoms with Crippen molar-refractivity contribution in [2.75, 3.05) is 0 Å². The van der Waals surface area contributed by atoms with E-state index in [1.807, 2.05) is 6.07 Å². The van der Waals surface area contributed by atoms with Crippen LogP contribution in [-0.4, -0.2) is 16.2 Å². The highest BCUT2D eigenvalue weighted by Crippen LogP contribution is 2.27. The number of carbonyl (C=O) groups is 1. The van der Waals surface area contributed by atoms with Gasteiger partial charge in [-0.2, -0.15) is 0 Å². The summed E-state index contributed by atoms with van der Waals surface area (Å²) in [5, 5.41) is 18.6. The fourth-order valence-corrected chi connectivity index (χ4v) is 2.58. The number of rotatable bonds is 6. The maximum absolute atomic E-state index is 10.4. The number of benzene rings is 1. The van der Waals surface area contributed by atoms with E-state index in [4.69, 9.17) is 5.11 Å². The summed E-state index contributed by atoms with van der Waals surface area (Å²) in [4.78, 5) is 10.4. The van der Waals surface area contributed by atoms with Gasteiger partial charge in [0, 0.05) is 6.42 Å². The molecule has 0 saturated heterocycles. The first-order valence-corrected chi connectivity index (χ1v) is 6.68. The van der Waals surface area contributed by atoms with E-state index in [0.717, 1.165) is 24.8 Å². The Kier molecular flexibility index (Phi) is 4.37. The number of hydrogen-bond donors (Lipinski definition) is 2. The van der Waals surface area contributed by atoms with Gasteiger partial charge in [-0.15, -0.1) is 0 Å². The number of aliphatic hydroxyl groups excluding tert-OH is 1. The topological polar surface area (TPSA) is 57.5 Å². The fraction of sp³-hybridized carbons (Fsp3) is 0.533. The highest BCUT2D eigenvalue weighted by atomic mass is 16.4. The smallest absolute Gasteiger partial charge is 0.303 e. The number of unbranched alkanes of at least 4 members (excludes halogenated alkanes) is 1. The Balaban J connectivity index is 1.85. The van der Waals surface area contributed by atoms with Crippen molar-refractivity contribution in [1.82, 2.24) is 0 Å². The van der Waals surface area contributed by atoms with E-state index in [-0.39, 0.29) is 6.42 Å². The number of fused-ring (bicyclic) bond motifs is 1. The number of aliphatic hydroxyl groups is 1. The summed E-state index contributed by atoms with van der Waals surface area (Å²) < 4.78 is 0. The molecule has 0 saturated carbocycles. The lowest BCUT2D eigenvalue weighted by Gasteiger charge is -2.12. The monoisotopic (exact) mass is 248 g/mol. The average Bonchev–Trinajstić information content (AvgIpc) is 2.81. The Labute approximate surface area is 107 Å². The minimum atomic E-state index is -0.762. The van der Waals surface area contributed by atoms with Crippen molar-refractivity contribution in [1.29, 1.82) is 0 Å². The molecular formula is C15H20O3. The van der Waals surface area contributed by atoms with Crippen molar-refractivity contribution in [2.24, 2.45) is 0 Å². The molecule has 1 atom stereocenters. The minimum Gasteiger partial charge on any atom is -0.481 e. The molecule has 0 aliphatic heterocycles. The molecule has 1 aliphatic carbocycles. The van der Waals surface area contributed by atoms with Crippen LogP contribution in [-0.2, 0) is 17.6 Å². The van der Waals surface area contributed by atoms with Crippen molar-refractivity contribution in [3.63, 3.8) is 0 Å². The molecule has 0 bridgehead atoms. The van der Waals surface area contributed by atoms with Gasteiger partial charge in [-0.05, 0) is 55.2 Å². The number of aryl methyl sites for hydroxylation is 2. The Morgan fingerprint density at radius 3 is 2.78 bits per heavy atom. The molecule has 2 N–H and O–H groups in total. The second-order valence-corrected chi connectivity index (χ2v) is 5.04. The van der Waals surface area contributed by atoms with Crippen LogP contribution in [0.15, 0.2) is 18.2 Å². The second kappa shape index (κ2) is 6.01. The van der Waals surface area contributed by atoms with E-state index in [9.17, 15) is 9.90 Å². The predicted octanol–water partition coefficient (Wildman–Crippen LogP) is 2.85. The first-order valence-electron chi connectivity index (χ1n) is 6.68. The lowest BCUT2D eigenvalue weighted by Crippen LogP contribution is -2.00. The molecule has 2 rings (SSSR count). The molecule has 0 amide bonds. The summed E-state index contributed by atoms with van der Waals surface area (Å²) in [6.45, 7) is 0. The first-order chi connectivity index (χ1) is 8.66. The van der Waals surface area contributed by atoms with Crippen LogP contribution in [0.1, 0.15) is 54.9 Å². The summed E-state index contributed by atoms with van der Waals surface area (Å²) in [7, 11) is 0. The number of aliphatic carboxylic acids is 1. The van der Waals surface area contributed by atoms with Crippen LogP contribution in [0.5, 0.6) is 0 Å². The number of carboxylic acid groups (broad SMARTS) is 1. The number of carboxylic acids is 1. The Hall–Kier alpha value is -1.35. The highest BCUT2D eigenvalue weighted by Gasteiger charge is 2.14. The summed E-state index contributed by atoms with van der Waals surface area (Å²) in [6.07, 6.45) is 5.27. The molecule has 18 heavy (non-hydrogen) atoms. The van der Waals surface area contributed by atoms with Crippen LogP contribution in [0.2, 0.25) is 0 Å². The minimum absolute atomic E-state index is 0.191. The van der Waals surface area contributed by atoms with Crippen LogP contribution >= 0.6 is 0 Å². The molecule has 0 radical (unpaired) electrons. The summed E-state index contributed by atoms with van der Waals surface area (Å²) >= 11 is 0. The Morgan fingerprint density at radius 2 is 2.00 bits per heavy atom. The van der Waals surface area contributed by atoms with Crippen molar-refractivity contribution >= 4 is 5.97 Å². The molecule has 0 fully saturated rings. The van der Waals surface area contributed by atoms with Gasteiger partial charge in [0.1, 0.15) is 0 Å². The largest absolute Gasteiger partial charge is 0.481 e. The van der Waals surface area contributed by atoms with Gasteiger partial charge in [0.25, 0.3) is 0 Å². The Morgan fingerprint density at radius 1 is 1.22 bits per heavy atom. The number of hydrogen-bond acceptors (Lipinski definition) is 2. The molecule has 3 heteroatoms. The molecule has 0 spiro atoms. The molecular weight excluding hydrogens is 228 g/mol.